The monoisotopic (exact) mass is 793 g/mol. The van der Waals surface area contributed by atoms with Crippen molar-refractivity contribution in [3.8, 4) is 0 Å². The summed E-state index contributed by atoms with van der Waals surface area (Å²) in [5, 5.41) is 0. The van der Waals surface area contributed by atoms with Crippen molar-refractivity contribution in [1.29, 1.82) is 0 Å². The highest BCUT2D eigenvalue weighted by molar-refractivity contribution is 5.25. The molecule has 58 heavy (non-hydrogen) atoms. The number of rotatable bonds is 13. The summed E-state index contributed by atoms with van der Waals surface area (Å²) in [4.78, 5) is 0. The van der Waals surface area contributed by atoms with E-state index in [0.717, 1.165) is 71.0 Å². The number of aryl methyl sites for hydroxylation is 1. The van der Waals surface area contributed by atoms with Crippen LogP contribution in [0.1, 0.15) is 230 Å². The lowest BCUT2D eigenvalue weighted by atomic mass is 9.68. The average molecular weight is 793 g/mol. The lowest BCUT2D eigenvalue weighted by molar-refractivity contribution is 0.151. The minimum Gasteiger partial charge on any atom is -0.103 e. The summed E-state index contributed by atoms with van der Waals surface area (Å²) in [6.07, 6.45) is 53.3. The zero-order chi connectivity index (χ0) is 41.0. The highest BCUT2D eigenvalue weighted by atomic mass is 14.4. The molecule has 1 aromatic carbocycles. The lowest BCUT2D eigenvalue weighted by Gasteiger charge is -2.37. The van der Waals surface area contributed by atoms with Crippen LogP contribution in [0.25, 0.3) is 0 Å². The molecule has 7 rings (SSSR count). The van der Waals surface area contributed by atoms with Gasteiger partial charge in [-0.3, -0.25) is 0 Å². The van der Waals surface area contributed by atoms with E-state index in [0.29, 0.717) is 0 Å². The van der Waals surface area contributed by atoms with Crippen LogP contribution in [0.15, 0.2) is 61.7 Å². The first-order valence-electron chi connectivity index (χ1n) is 26.4. The zero-order valence-corrected chi connectivity index (χ0v) is 39.2. The maximum absolute atomic E-state index is 3.97. The van der Waals surface area contributed by atoms with Crippen molar-refractivity contribution in [2.24, 2.45) is 65.1 Å². The van der Waals surface area contributed by atoms with Crippen molar-refractivity contribution < 1.29 is 0 Å². The summed E-state index contributed by atoms with van der Waals surface area (Å²) >= 11 is 0. The predicted octanol–water partition coefficient (Wildman–Crippen LogP) is 18.6. The number of unbranched alkanes of at least 4 members (excludes halogenated alkanes) is 2. The molecule has 0 heterocycles. The van der Waals surface area contributed by atoms with Crippen molar-refractivity contribution >= 4 is 0 Å². The molecule has 6 aliphatic carbocycles. The van der Waals surface area contributed by atoms with Crippen LogP contribution in [0.5, 0.6) is 0 Å². The van der Waals surface area contributed by atoms with Crippen LogP contribution < -0.4 is 0 Å². The van der Waals surface area contributed by atoms with Crippen LogP contribution >= 0.6 is 0 Å². The Hall–Kier alpha value is -1.56. The number of hydrogen-bond donors (Lipinski definition) is 0. The Morgan fingerprint density at radius 2 is 0.828 bits per heavy atom. The Balaban J connectivity index is 0.000000166. The van der Waals surface area contributed by atoms with E-state index in [1.807, 2.05) is 0 Å². The second-order valence-electron chi connectivity index (χ2n) is 21.4. The van der Waals surface area contributed by atoms with Crippen molar-refractivity contribution in [1.82, 2.24) is 0 Å². The van der Waals surface area contributed by atoms with Crippen molar-refractivity contribution in [2.45, 2.75) is 226 Å². The highest BCUT2D eigenvalue weighted by Crippen LogP contribution is 2.46. The molecule has 0 N–H and O–H groups in total. The van der Waals surface area contributed by atoms with Crippen LogP contribution in [-0.4, -0.2) is 0 Å². The molecule has 0 nitrogen and oxygen atoms in total. The van der Waals surface area contributed by atoms with E-state index < -0.39 is 0 Å². The summed E-state index contributed by atoms with van der Waals surface area (Å²) in [7, 11) is 0. The fourth-order valence-electron chi connectivity index (χ4n) is 13.5. The van der Waals surface area contributed by atoms with Gasteiger partial charge < -0.3 is 0 Å². The molecule has 0 heteroatoms. The minimum atomic E-state index is 0.810. The van der Waals surface area contributed by atoms with Gasteiger partial charge >= 0.3 is 0 Å². The summed E-state index contributed by atoms with van der Waals surface area (Å²) in [5.74, 6) is 11.9. The van der Waals surface area contributed by atoms with Crippen molar-refractivity contribution in [2.75, 3.05) is 0 Å². The Labute approximate surface area is 362 Å². The Morgan fingerprint density at radius 1 is 0.448 bits per heavy atom. The highest BCUT2D eigenvalue weighted by Gasteiger charge is 2.33. The van der Waals surface area contributed by atoms with Gasteiger partial charge in [-0.05, 0) is 219 Å². The molecular weight excluding hydrogens is 697 g/mol. The molecule has 0 bridgehead atoms. The third-order valence-corrected chi connectivity index (χ3v) is 17.6. The minimum absolute atomic E-state index is 0.810. The van der Waals surface area contributed by atoms with Crippen molar-refractivity contribution in [3.05, 3.63) is 72.9 Å². The molecule has 6 saturated carbocycles. The zero-order valence-electron chi connectivity index (χ0n) is 39.2. The van der Waals surface area contributed by atoms with Gasteiger partial charge in [0, 0.05) is 0 Å². The molecule has 328 valence electrons. The van der Waals surface area contributed by atoms with Crippen LogP contribution in [0.3, 0.4) is 0 Å². The second kappa shape index (κ2) is 26.7. The van der Waals surface area contributed by atoms with Crippen LogP contribution in [-0.2, 0) is 0 Å². The van der Waals surface area contributed by atoms with E-state index in [2.05, 4.69) is 89.4 Å². The average Bonchev–Trinajstić information content (AvgIpc) is 3.28. The van der Waals surface area contributed by atoms with Crippen LogP contribution in [0.2, 0.25) is 0 Å². The fourth-order valence-corrected chi connectivity index (χ4v) is 13.5. The van der Waals surface area contributed by atoms with Gasteiger partial charge in [0.05, 0.1) is 0 Å². The summed E-state index contributed by atoms with van der Waals surface area (Å²) in [5.41, 5.74) is 2.96. The number of benzene rings is 1. The molecule has 0 unspecified atom stereocenters. The predicted molar refractivity (Wildman–Crippen MR) is 257 cm³/mol. The molecule has 6 aliphatic rings. The standard InChI is InChI=1S/C21H30.C19H34.C18H32/c1-3-17-6-10-19(11-7-17)21-14-12-20(13-15-21)18-8-4-16(2)5-9-18;1-3-5-6-7-17-10-14-19(15-11-17)18-12-8-16(4-2)9-13-18;1-3-5-15-7-11-17(12-8-15)18-13-9-16(6-4-2)10-14-18/h3-5,8-9,17,19-21H,1,6-7,10-15H2,2H3;4,16-19H,2-3,5-15H2,1H3;3,5,15-18H,4,6-14H2,1-2H3/b;;5-3+. The summed E-state index contributed by atoms with van der Waals surface area (Å²) in [6.45, 7) is 16.9. The number of allylic oxidation sites excluding steroid dienone is 4. The normalized spacial score (nSPS) is 35.8. The van der Waals surface area contributed by atoms with Gasteiger partial charge in [0.1, 0.15) is 0 Å². The molecule has 1 aromatic rings. The molecule has 0 radical (unpaired) electrons. The first kappa shape index (κ1) is 47.5. The van der Waals surface area contributed by atoms with E-state index in [1.54, 1.807) is 31.2 Å². The topological polar surface area (TPSA) is 0 Å². The van der Waals surface area contributed by atoms with Crippen LogP contribution in [0, 0.1) is 72.0 Å². The van der Waals surface area contributed by atoms with Gasteiger partial charge in [0.2, 0.25) is 0 Å². The quantitative estimate of drug-likeness (QED) is 0.138. The maximum atomic E-state index is 3.97. The lowest BCUT2D eigenvalue weighted by Crippen LogP contribution is -2.25. The second-order valence-corrected chi connectivity index (χ2v) is 21.4. The SMILES string of the molecule is C/C=C/C1CCC(C2CCC(CCC)CC2)CC1.C=CC1CCC(C2CCC(CCCCC)CC2)CC1.C=CC1CCC(C2CCC(c3ccc(C)cc3)CC2)CC1. The third kappa shape index (κ3) is 15.7. The van der Waals surface area contributed by atoms with E-state index in [-0.39, 0.29) is 0 Å². The smallest absolute Gasteiger partial charge is 0.0162 e. The number of hydrogen-bond acceptors (Lipinski definition) is 0. The fraction of sp³-hybridized carbons (Fsp3) is 0.793. The van der Waals surface area contributed by atoms with E-state index >= 15 is 0 Å². The Bertz CT molecular complexity index is 1220. The molecule has 0 saturated heterocycles. The third-order valence-electron chi connectivity index (χ3n) is 17.6. The van der Waals surface area contributed by atoms with Crippen molar-refractivity contribution in [3.63, 3.8) is 0 Å². The first-order valence-corrected chi connectivity index (χ1v) is 26.4. The van der Waals surface area contributed by atoms with Gasteiger partial charge in [0.25, 0.3) is 0 Å². The van der Waals surface area contributed by atoms with Gasteiger partial charge in [-0.15, -0.1) is 13.2 Å². The van der Waals surface area contributed by atoms with Gasteiger partial charge in [-0.2, -0.15) is 0 Å². The largest absolute Gasteiger partial charge is 0.103 e. The molecule has 0 aromatic heterocycles. The molecule has 0 spiro atoms. The molecule has 6 fully saturated rings. The Morgan fingerprint density at radius 3 is 1.21 bits per heavy atom. The first-order chi connectivity index (χ1) is 28.4. The van der Waals surface area contributed by atoms with Crippen LogP contribution in [0.4, 0.5) is 0 Å². The van der Waals surface area contributed by atoms with E-state index in [1.165, 1.54) is 173 Å². The molecule has 0 amide bonds. The van der Waals surface area contributed by atoms with Gasteiger partial charge in [-0.1, -0.05) is 132 Å². The van der Waals surface area contributed by atoms with E-state index in [4.69, 9.17) is 0 Å². The van der Waals surface area contributed by atoms with Gasteiger partial charge in [-0.25, -0.2) is 0 Å². The molecule has 0 atom stereocenters. The molecule has 0 aliphatic heterocycles. The molecular formula is C58H96. The maximum Gasteiger partial charge on any atom is -0.0162 e. The summed E-state index contributed by atoms with van der Waals surface area (Å²) < 4.78 is 0. The van der Waals surface area contributed by atoms with E-state index in [9.17, 15) is 0 Å². The van der Waals surface area contributed by atoms with Gasteiger partial charge in [0.15, 0.2) is 0 Å². The summed E-state index contributed by atoms with van der Waals surface area (Å²) in [6, 6.07) is 9.27. The Kier molecular flexibility index (Phi) is 21.9.